The molecular formula is C24H39N4O4P. The smallest absolute Gasteiger partial charge is 0.344 e. The number of nitrogens with zero attached hydrogens (tertiary/aromatic N) is 4. The summed E-state index contributed by atoms with van der Waals surface area (Å²) >= 11 is 0. The fourth-order valence-electron chi connectivity index (χ4n) is 6.10. The molecule has 0 unspecified atom stereocenters. The lowest BCUT2D eigenvalue weighted by atomic mass is 9.56. The topological polar surface area (TPSA) is 107 Å². The Kier molecular flexibility index (Phi) is 7.03. The molecule has 0 amide bonds. The average Bonchev–Trinajstić information content (AvgIpc) is 2.76. The van der Waals surface area contributed by atoms with Gasteiger partial charge in [0.25, 0.3) is 0 Å². The number of carbonyl (C=O) groups is 1. The van der Waals surface area contributed by atoms with Crippen molar-refractivity contribution in [3.05, 3.63) is 18.2 Å². The van der Waals surface area contributed by atoms with Gasteiger partial charge in [0.1, 0.15) is 17.4 Å². The molecule has 1 spiro atoms. The number of carbonyl (C=O) groups excluding carboxylic acids is 1. The Morgan fingerprint density at radius 1 is 1.09 bits per heavy atom. The molecule has 0 radical (unpaired) electrons. The van der Waals surface area contributed by atoms with E-state index in [2.05, 4.69) is 14.9 Å². The minimum atomic E-state index is -4.30. The van der Waals surface area contributed by atoms with Crippen molar-refractivity contribution < 1.29 is 19.1 Å². The summed E-state index contributed by atoms with van der Waals surface area (Å²) in [6, 6.07) is 0.210. The molecule has 184 valence electrons. The lowest BCUT2D eigenvalue weighted by molar-refractivity contribution is -0.129. The highest BCUT2D eigenvalue weighted by molar-refractivity contribution is 7.52. The Morgan fingerprint density at radius 2 is 1.70 bits per heavy atom. The zero-order valence-electron chi connectivity index (χ0n) is 20.4. The molecule has 0 aromatic carbocycles. The van der Waals surface area contributed by atoms with Crippen LogP contribution in [0.2, 0.25) is 0 Å². The molecular weight excluding hydrogens is 439 g/mol. The van der Waals surface area contributed by atoms with Crippen molar-refractivity contribution in [3.63, 3.8) is 0 Å². The zero-order valence-corrected chi connectivity index (χ0v) is 21.2. The van der Waals surface area contributed by atoms with Crippen molar-refractivity contribution in [2.24, 2.45) is 17.3 Å². The maximum atomic E-state index is 12.5. The van der Waals surface area contributed by atoms with Crippen LogP contribution in [0.25, 0.3) is 0 Å². The number of Topliss-reactive ketones (excluding diaryl/α,β-unsaturated/α-hetero) is 1. The van der Waals surface area contributed by atoms with Crippen molar-refractivity contribution in [2.75, 3.05) is 24.5 Å². The molecule has 1 aromatic heterocycles. The summed E-state index contributed by atoms with van der Waals surface area (Å²) in [5.74, 6) is 0.897. The molecule has 0 bridgehead atoms. The minimum Gasteiger partial charge on any atom is -0.366 e. The van der Waals surface area contributed by atoms with E-state index in [-0.39, 0.29) is 35.8 Å². The third-order valence-electron chi connectivity index (χ3n) is 8.15. The number of hydrogen-bond acceptors (Lipinski definition) is 6. The third kappa shape index (κ3) is 5.19. The van der Waals surface area contributed by atoms with Crippen LogP contribution in [0.15, 0.2) is 12.4 Å². The van der Waals surface area contributed by atoms with Crippen LogP contribution in [0.1, 0.15) is 78.0 Å². The predicted octanol–water partition coefficient (Wildman–Crippen LogP) is 3.79. The second kappa shape index (κ2) is 9.37. The largest absolute Gasteiger partial charge is 0.366 e. The van der Waals surface area contributed by atoms with Gasteiger partial charge in [-0.25, -0.2) is 9.97 Å². The fraction of sp³-hybridized carbons (Fsp3) is 0.792. The Morgan fingerprint density at radius 3 is 2.21 bits per heavy atom. The molecule has 3 aliphatic rings. The highest BCUT2D eigenvalue weighted by Gasteiger charge is 2.52. The maximum absolute atomic E-state index is 12.5. The van der Waals surface area contributed by atoms with Crippen LogP contribution in [0.4, 0.5) is 5.69 Å². The monoisotopic (exact) mass is 478 g/mol. The number of hydrogen-bond donors (Lipinski definition) is 2. The number of piperazine rings is 1. The first-order valence-corrected chi connectivity index (χ1v) is 14.1. The van der Waals surface area contributed by atoms with Gasteiger partial charge in [0.2, 0.25) is 0 Å². The predicted molar refractivity (Wildman–Crippen MR) is 128 cm³/mol. The Bertz CT molecular complexity index is 884. The van der Waals surface area contributed by atoms with E-state index < -0.39 is 13.4 Å². The van der Waals surface area contributed by atoms with E-state index in [9.17, 15) is 19.1 Å². The zero-order chi connectivity index (χ0) is 24.0. The molecule has 1 aromatic rings. The molecule has 9 heteroatoms. The van der Waals surface area contributed by atoms with E-state index in [0.717, 1.165) is 50.0 Å². The summed E-state index contributed by atoms with van der Waals surface area (Å²) in [7, 11) is -4.30. The van der Waals surface area contributed by atoms with E-state index in [1.54, 1.807) is 12.4 Å². The van der Waals surface area contributed by atoms with Gasteiger partial charge in [-0.1, -0.05) is 27.7 Å². The van der Waals surface area contributed by atoms with Crippen molar-refractivity contribution in [2.45, 2.75) is 84.0 Å². The lowest BCUT2D eigenvalue weighted by Crippen LogP contribution is -2.61. The molecule has 8 nitrogen and oxygen atoms in total. The Balaban J connectivity index is 1.38. The molecule has 2 heterocycles. The van der Waals surface area contributed by atoms with Gasteiger partial charge in [-0.2, -0.15) is 0 Å². The van der Waals surface area contributed by atoms with Gasteiger partial charge < -0.3 is 14.7 Å². The van der Waals surface area contributed by atoms with Gasteiger partial charge in [-0.05, 0) is 43.9 Å². The molecule has 2 saturated carbocycles. The van der Waals surface area contributed by atoms with Crippen molar-refractivity contribution >= 4 is 19.1 Å². The summed E-state index contributed by atoms with van der Waals surface area (Å²) in [5.41, 5.74) is 1.07. The van der Waals surface area contributed by atoms with Gasteiger partial charge in [0.15, 0.2) is 0 Å². The number of aromatic nitrogens is 2. The van der Waals surface area contributed by atoms with Crippen LogP contribution in [0, 0.1) is 17.3 Å². The summed E-state index contributed by atoms with van der Waals surface area (Å²) < 4.78 is 12.5. The van der Waals surface area contributed by atoms with Crippen LogP contribution in [-0.2, 0) is 9.36 Å². The third-order valence-corrected chi connectivity index (χ3v) is 9.38. The Hall–Kier alpha value is -1.34. The maximum Gasteiger partial charge on any atom is 0.344 e. The first-order valence-electron chi connectivity index (χ1n) is 12.4. The first-order chi connectivity index (χ1) is 15.5. The molecule has 1 atom stereocenters. The molecule has 1 saturated heterocycles. The normalized spacial score (nSPS) is 31.3. The lowest BCUT2D eigenvalue weighted by Gasteiger charge is -2.57. The van der Waals surface area contributed by atoms with Gasteiger partial charge in [-0.3, -0.25) is 14.3 Å². The van der Waals surface area contributed by atoms with Gasteiger partial charge in [0, 0.05) is 43.4 Å². The fourth-order valence-corrected chi connectivity index (χ4v) is 7.20. The van der Waals surface area contributed by atoms with E-state index in [1.807, 2.05) is 32.6 Å². The number of rotatable bonds is 6. The van der Waals surface area contributed by atoms with Crippen LogP contribution in [0.3, 0.4) is 0 Å². The van der Waals surface area contributed by atoms with E-state index in [4.69, 9.17) is 0 Å². The number of anilines is 1. The van der Waals surface area contributed by atoms with Crippen LogP contribution >= 0.6 is 7.60 Å². The first kappa shape index (κ1) is 24.8. The molecule has 4 rings (SSSR count). The molecule has 33 heavy (non-hydrogen) atoms. The highest BCUT2D eigenvalue weighted by atomic mass is 31.2. The van der Waals surface area contributed by atoms with Gasteiger partial charge >= 0.3 is 7.60 Å². The summed E-state index contributed by atoms with van der Waals surface area (Å²) in [6.45, 7) is 9.65. The highest BCUT2D eigenvalue weighted by Crippen LogP contribution is 2.57. The summed E-state index contributed by atoms with van der Waals surface area (Å²) in [6.07, 6.45) is 9.56. The van der Waals surface area contributed by atoms with Gasteiger partial charge in [-0.15, -0.1) is 0 Å². The molecule has 3 fully saturated rings. The molecule has 2 N–H and O–H groups in total. The van der Waals surface area contributed by atoms with E-state index >= 15 is 0 Å². The van der Waals surface area contributed by atoms with Crippen LogP contribution < -0.4 is 4.90 Å². The summed E-state index contributed by atoms with van der Waals surface area (Å²) in [5, 5.41) is 0. The number of ketones is 1. The summed E-state index contributed by atoms with van der Waals surface area (Å²) in [4.78, 5) is 45.7. The van der Waals surface area contributed by atoms with E-state index in [0.29, 0.717) is 18.9 Å². The standard InChI is InChI=1S/C24H39N4O4P/c1-16(2)22(29)18-5-7-24(8-6-18)11-19(12-24)28-10-9-27(15-21(28)33(30,31)32)20-13-25-23(17(3)4)26-14-20/h13-14,16-19,21H,5-12,15H2,1-4H3,(H2,30,31,32)/t18?,19?,21-,24?/m1/s1. The Labute approximate surface area is 197 Å². The SMILES string of the molecule is CC(C)C(=O)C1CCC2(CC1)CC(N1CCN(c3cnc(C(C)C)nc3)C[C@H]1P(=O)(O)O)C2. The van der Waals surface area contributed by atoms with Crippen molar-refractivity contribution in [3.8, 4) is 0 Å². The minimum absolute atomic E-state index is 0.102. The quantitative estimate of drug-likeness (QED) is 0.595. The van der Waals surface area contributed by atoms with Crippen LogP contribution in [0.5, 0.6) is 0 Å². The molecule has 1 aliphatic heterocycles. The van der Waals surface area contributed by atoms with E-state index in [1.165, 1.54) is 0 Å². The van der Waals surface area contributed by atoms with Crippen molar-refractivity contribution in [1.82, 2.24) is 14.9 Å². The second-order valence-electron chi connectivity index (χ2n) is 11.1. The van der Waals surface area contributed by atoms with Crippen LogP contribution in [-0.4, -0.2) is 61.9 Å². The average molecular weight is 479 g/mol. The van der Waals surface area contributed by atoms with Crippen molar-refractivity contribution in [1.29, 1.82) is 0 Å². The molecule has 2 aliphatic carbocycles. The second-order valence-corrected chi connectivity index (χ2v) is 12.9. The van der Waals surface area contributed by atoms with Gasteiger partial charge in [0.05, 0.1) is 18.1 Å².